The number of nitrogens with one attached hydrogen (secondary N) is 2. The van der Waals surface area contributed by atoms with E-state index in [4.69, 9.17) is 9.47 Å². The Balaban J connectivity index is 1.76. The zero-order chi connectivity index (χ0) is 30.5. The molecular weight excluding hydrogens is 562 g/mol. The van der Waals surface area contributed by atoms with Gasteiger partial charge in [0, 0.05) is 28.4 Å². The van der Waals surface area contributed by atoms with Gasteiger partial charge >= 0.3 is 12.1 Å². The molecule has 2 heterocycles. The van der Waals surface area contributed by atoms with Crippen LogP contribution in [-0.4, -0.2) is 53.3 Å². The first-order chi connectivity index (χ1) is 19.1. The van der Waals surface area contributed by atoms with Crippen LogP contribution in [0, 0.1) is 5.41 Å². The molecule has 0 saturated carbocycles. The van der Waals surface area contributed by atoms with E-state index >= 15 is 0 Å². The number of amides is 3. The van der Waals surface area contributed by atoms with Crippen molar-refractivity contribution in [3.05, 3.63) is 40.3 Å². The fourth-order valence-corrected chi connectivity index (χ4v) is 6.57. The fraction of sp³-hybridized carbons (Fsp3) is 0.533. The van der Waals surface area contributed by atoms with Crippen molar-refractivity contribution in [2.24, 2.45) is 5.41 Å². The van der Waals surface area contributed by atoms with E-state index in [1.54, 1.807) is 4.90 Å². The maximum atomic E-state index is 13.4. The highest BCUT2D eigenvalue weighted by molar-refractivity contribution is 8.00. The topological polar surface area (TPSA) is 114 Å². The third-order valence-corrected chi connectivity index (χ3v) is 8.58. The molecule has 224 valence electrons. The summed E-state index contributed by atoms with van der Waals surface area (Å²) >= 11 is 2.67. The summed E-state index contributed by atoms with van der Waals surface area (Å²) in [7, 11) is 1.31. The molecule has 11 heteroatoms. The van der Waals surface area contributed by atoms with Gasteiger partial charge in [-0.2, -0.15) is 0 Å². The number of hydrogen-bond acceptors (Lipinski definition) is 8. The van der Waals surface area contributed by atoms with Gasteiger partial charge < -0.3 is 25.0 Å². The predicted molar refractivity (Wildman–Crippen MR) is 164 cm³/mol. The van der Waals surface area contributed by atoms with Gasteiger partial charge in [-0.1, -0.05) is 33.8 Å². The molecule has 1 aliphatic rings. The van der Waals surface area contributed by atoms with E-state index in [1.807, 2.05) is 72.7 Å². The summed E-state index contributed by atoms with van der Waals surface area (Å²) in [6.45, 7) is 14.1. The van der Waals surface area contributed by atoms with Gasteiger partial charge in [0.05, 0.1) is 24.5 Å². The van der Waals surface area contributed by atoms with Crippen LogP contribution >= 0.6 is 23.1 Å². The number of carbonyl (C=O) groups is 4. The minimum absolute atomic E-state index is 0.0633. The average Bonchev–Trinajstić information content (AvgIpc) is 3.21. The Morgan fingerprint density at radius 3 is 2.41 bits per heavy atom. The first-order valence-electron chi connectivity index (χ1n) is 13.7. The highest BCUT2D eigenvalue weighted by Gasteiger charge is 2.33. The number of methoxy groups -OCH3 is 1. The third kappa shape index (κ3) is 9.22. The minimum atomic E-state index is -0.618. The molecule has 0 aliphatic carbocycles. The second-order valence-corrected chi connectivity index (χ2v) is 14.6. The van der Waals surface area contributed by atoms with E-state index in [-0.39, 0.29) is 23.8 Å². The first kappa shape index (κ1) is 32.5. The number of carbonyl (C=O) groups excluding carboxylic acids is 4. The van der Waals surface area contributed by atoms with Crippen LogP contribution in [0.4, 0.5) is 15.5 Å². The molecule has 2 N–H and O–H groups in total. The van der Waals surface area contributed by atoms with Gasteiger partial charge in [0.2, 0.25) is 11.8 Å². The zero-order valence-corrected chi connectivity index (χ0v) is 26.8. The maximum absolute atomic E-state index is 13.4. The van der Waals surface area contributed by atoms with E-state index in [9.17, 15) is 19.2 Å². The largest absolute Gasteiger partial charge is 0.465 e. The second kappa shape index (κ2) is 13.3. The molecule has 0 bridgehead atoms. The van der Waals surface area contributed by atoms with Crippen LogP contribution < -0.4 is 10.6 Å². The molecule has 9 nitrogen and oxygen atoms in total. The molecule has 1 unspecified atom stereocenters. The van der Waals surface area contributed by atoms with Crippen LogP contribution in [0.3, 0.4) is 0 Å². The molecule has 0 fully saturated rings. The van der Waals surface area contributed by atoms with E-state index in [0.29, 0.717) is 42.1 Å². The summed E-state index contributed by atoms with van der Waals surface area (Å²) in [5.41, 5.74) is 1.06. The molecule has 1 aromatic heterocycles. The smallest absolute Gasteiger partial charge is 0.410 e. The number of thioether (sulfide) groups is 1. The molecule has 0 saturated heterocycles. The SMILES string of the molecule is CCC(Sc1cccc(NC(=O)CC(C)(C)C)c1)C(=O)Nc1sc2c(c1C(=O)OC)CCN(C(=O)OC(C)(C)C)C2. The van der Waals surface area contributed by atoms with Gasteiger partial charge in [0.25, 0.3) is 0 Å². The number of ether oxygens (including phenoxy) is 2. The van der Waals surface area contributed by atoms with Crippen molar-refractivity contribution >= 4 is 57.7 Å². The lowest BCUT2D eigenvalue weighted by molar-refractivity contribution is -0.118. The Labute approximate surface area is 250 Å². The highest BCUT2D eigenvalue weighted by atomic mass is 32.2. The van der Waals surface area contributed by atoms with E-state index < -0.39 is 22.9 Å². The number of benzene rings is 1. The Hall–Kier alpha value is -3.05. The molecular formula is C30H41N3O6S2. The van der Waals surface area contributed by atoms with Gasteiger partial charge in [-0.25, -0.2) is 9.59 Å². The normalized spacial score (nSPS) is 14.1. The van der Waals surface area contributed by atoms with Crippen LogP contribution in [0.25, 0.3) is 0 Å². The first-order valence-corrected chi connectivity index (χ1v) is 15.4. The van der Waals surface area contributed by atoms with Gasteiger partial charge in [0.15, 0.2) is 0 Å². The lowest BCUT2D eigenvalue weighted by Crippen LogP contribution is -2.39. The zero-order valence-electron chi connectivity index (χ0n) is 25.1. The van der Waals surface area contributed by atoms with Crippen molar-refractivity contribution in [2.45, 2.75) is 90.0 Å². The van der Waals surface area contributed by atoms with E-state index in [2.05, 4.69) is 10.6 Å². The molecule has 1 atom stereocenters. The molecule has 3 amide bonds. The van der Waals surface area contributed by atoms with E-state index in [0.717, 1.165) is 15.3 Å². The quantitative estimate of drug-likeness (QED) is 0.255. The van der Waals surface area contributed by atoms with Crippen molar-refractivity contribution in [1.82, 2.24) is 4.90 Å². The average molecular weight is 604 g/mol. The Bertz CT molecular complexity index is 1290. The summed E-state index contributed by atoms with van der Waals surface area (Å²) in [6, 6.07) is 7.43. The molecule has 41 heavy (non-hydrogen) atoms. The summed E-state index contributed by atoms with van der Waals surface area (Å²) in [5, 5.41) is 5.87. The minimum Gasteiger partial charge on any atom is -0.465 e. The summed E-state index contributed by atoms with van der Waals surface area (Å²) < 4.78 is 10.6. The Kier molecular flexibility index (Phi) is 10.5. The van der Waals surface area contributed by atoms with Crippen LogP contribution in [0.5, 0.6) is 0 Å². The third-order valence-electron chi connectivity index (χ3n) is 6.09. The molecule has 3 rings (SSSR count). The number of anilines is 2. The van der Waals surface area contributed by atoms with Crippen molar-refractivity contribution in [1.29, 1.82) is 0 Å². The molecule has 1 aromatic carbocycles. The second-order valence-electron chi connectivity index (χ2n) is 12.2. The number of hydrogen-bond donors (Lipinski definition) is 2. The van der Waals surface area contributed by atoms with Crippen LogP contribution in [0.2, 0.25) is 0 Å². The molecule has 0 spiro atoms. The summed E-state index contributed by atoms with van der Waals surface area (Å²) in [6.07, 6.45) is 0.974. The van der Waals surface area contributed by atoms with Gasteiger partial charge in [-0.15, -0.1) is 23.1 Å². The van der Waals surface area contributed by atoms with Crippen LogP contribution in [0.15, 0.2) is 29.2 Å². The number of rotatable bonds is 8. The molecule has 1 aliphatic heterocycles. The standard InChI is InChI=1S/C30H41N3O6S2/c1-9-21(40-19-12-10-11-18(15-19)31-23(34)16-29(2,3)4)25(35)32-26-24(27(36)38-8)20-13-14-33(17-22(20)41-26)28(37)39-30(5,6)7/h10-12,15,21H,9,13-14,16-17H2,1-8H3,(H,31,34)(H,32,35). The van der Waals surface area contributed by atoms with Crippen LogP contribution in [-0.2, 0) is 32.0 Å². The number of nitrogens with zero attached hydrogens (tertiary/aromatic N) is 1. The van der Waals surface area contributed by atoms with E-state index in [1.165, 1.54) is 30.2 Å². The predicted octanol–water partition coefficient (Wildman–Crippen LogP) is 6.71. The van der Waals surface area contributed by atoms with Crippen molar-refractivity contribution < 1.29 is 28.7 Å². The van der Waals surface area contributed by atoms with Gasteiger partial charge in [-0.05, 0) is 62.8 Å². The van der Waals surface area contributed by atoms with Crippen molar-refractivity contribution in [2.75, 3.05) is 24.3 Å². The summed E-state index contributed by atoms with van der Waals surface area (Å²) in [4.78, 5) is 54.5. The summed E-state index contributed by atoms with van der Waals surface area (Å²) in [5.74, 6) is -0.831. The van der Waals surface area contributed by atoms with Gasteiger partial charge in [-0.3, -0.25) is 9.59 Å². The Morgan fingerprint density at radius 1 is 1.10 bits per heavy atom. The molecule has 2 aromatic rings. The number of fused-ring (bicyclic) bond motifs is 1. The number of esters is 1. The lowest BCUT2D eigenvalue weighted by Gasteiger charge is -2.30. The lowest BCUT2D eigenvalue weighted by atomic mass is 9.92. The maximum Gasteiger partial charge on any atom is 0.410 e. The van der Waals surface area contributed by atoms with Gasteiger partial charge in [0.1, 0.15) is 10.6 Å². The fourth-order valence-electron chi connectivity index (χ4n) is 4.30. The number of thiophene rings is 1. The monoisotopic (exact) mass is 603 g/mol. The molecule has 0 radical (unpaired) electrons. The van der Waals surface area contributed by atoms with Crippen molar-refractivity contribution in [3.63, 3.8) is 0 Å². The Morgan fingerprint density at radius 2 is 1.80 bits per heavy atom. The highest BCUT2D eigenvalue weighted by Crippen LogP contribution is 2.39. The van der Waals surface area contributed by atoms with Crippen molar-refractivity contribution in [3.8, 4) is 0 Å². The van der Waals surface area contributed by atoms with Crippen LogP contribution in [0.1, 0.15) is 82.1 Å².